The van der Waals surface area contributed by atoms with E-state index in [4.69, 9.17) is 5.73 Å². The number of hydrogen-bond donors (Lipinski definition) is 2. The molecule has 2 aromatic rings. The first-order valence-electron chi connectivity index (χ1n) is 9.62. The summed E-state index contributed by atoms with van der Waals surface area (Å²) < 4.78 is 15.2. The van der Waals surface area contributed by atoms with Crippen LogP contribution in [-0.4, -0.2) is 47.4 Å². The number of benzene rings is 1. The second kappa shape index (κ2) is 6.65. The van der Waals surface area contributed by atoms with Gasteiger partial charge in [0.25, 0.3) is 5.91 Å². The first kappa shape index (κ1) is 18.5. The van der Waals surface area contributed by atoms with E-state index < -0.39 is 11.7 Å². The quantitative estimate of drug-likeness (QED) is 0.798. The lowest BCUT2D eigenvalue weighted by Crippen LogP contribution is -2.50. The highest BCUT2D eigenvalue weighted by molar-refractivity contribution is 6.10. The number of anilines is 1. The van der Waals surface area contributed by atoms with Crippen LogP contribution in [0, 0.1) is 25.6 Å². The number of halogens is 1. The first-order chi connectivity index (χ1) is 13.3. The van der Waals surface area contributed by atoms with Gasteiger partial charge in [-0.3, -0.25) is 9.59 Å². The van der Waals surface area contributed by atoms with Crippen LogP contribution in [-0.2, 0) is 4.79 Å². The maximum atomic E-state index is 15.2. The summed E-state index contributed by atoms with van der Waals surface area (Å²) in [5, 5.41) is 0.698. The number of fused-ring (bicyclic) bond motifs is 2. The zero-order chi connectivity index (χ0) is 20.2. The van der Waals surface area contributed by atoms with E-state index in [-0.39, 0.29) is 17.5 Å². The molecule has 0 aliphatic carbocycles. The molecule has 1 aromatic heterocycles. The predicted molar refractivity (Wildman–Crippen MR) is 107 cm³/mol. The number of amides is 2. The van der Waals surface area contributed by atoms with Crippen LogP contribution in [0.5, 0.6) is 0 Å². The number of piperidine rings is 1. The molecule has 4 rings (SSSR count). The lowest BCUT2D eigenvalue weighted by molar-refractivity contribution is -0.127. The number of rotatable bonds is 3. The van der Waals surface area contributed by atoms with Crippen molar-refractivity contribution in [3.63, 3.8) is 0 Å². The van der Waals surface area contributed by atoms with Gasteiger partial charge in [0.1, 0.15) is 5.82 Å². The minimum absolute atomic E-state index is 0.0462. The Morgan fingerprint density at radius 3 is 2.71 bits per heavy atom. The summed E-state index contributed by atoms with van der Waals surface area (Å²) in [6.45, 7) is 9.41. The number of H-pyrrole nitrogens is 1. The van der Waals surface area contributed by atoms with Gasteiger partial charge in [-0.15, -0.1) is 0 Å². The SMILES string of the molecule is C=CC(=O)N1CC[C@@H]2CCN(c3c(F)cc(C(N)=O)c4[nH]c(C)c(C)c34)CC21. The molecule has 1 unspecified atom stereocenters. The van der Waals surface area contributed by atoms with Gasteiger partial charge in [-0.25, -0.2) is 4.39 Å². The number of primary amides is 1. The maximum Gasteiger partial charge on any atom is 0.250 e. The average molecular weight is 384 g/mol. The lowest BCUT2D eigenvalue weighted by atomic mass is 9.91. The third-order valence-corrected chi connectivity index (χ3v) is 6.41. The van der Waals surface area contributed by atoms with Gasteiger partial charge in [0.2, 0.25) is 5.91 Å². The Morgan fingerprint density at radius 1 is 1.32 bits per heavy atom. The van der Waals surface area contributed by atoms with E-state index in [1.807, 2.05) is 23.6 Å². The standard InChI is InChI=1S/C21H25FN4O2/c1-4-17(27)26-8-6-13-5-7-25(10-16(13)26)20-15(22)9-14(21(23)28)19-18(20)11(2)12(3)24-19/h4,9,13,16,24H,1,5-8,10H2,2-3H3,(H2,23,28)/t13-,16?/m0/s1. The van der Waals surface area contributed by atoms with E-state index in [1.165, 1.54) is 12.1 Å². The number of aryl methyl sites for hydroxylation is 2. The van der Waals surface area contributed by atoms with Crippen LogP contribution in [0.2, 0.25) is 0 Å². The zero-order valence-electron chi connectivity index (χ0n) is 16.2. The summed E-state index contributed by atoms with van der Waals surface area (Å²) in [5.74, 6) is -0.759. The molecule has 2 atom stereocenters. The Hall–Kier alpha value is -2.83. The fourth-order valence-corrected chi connectivity index (χ4v) is 4.84. The van der Waals surface area contributed by atoms with Crippen molar-refractivity contribution in [1.82, 2.24) is 9.88 Å². The summed E-state index contributed by atoms with van der Waals surface area (Å²) in [4.78, 5) is 31.1. The second-order valence-electron chi connectivity index (χ2n) is 7.83. The van der Waals surface area contributed by atoms with Crippen molar-refractivity contribution >= 4 is 28.4 Å². The Kier molecular flexibility index (Phi) is 4.40. The summed E-state index contributed by atoms with van der Waals surface area (Å²) in [6, 6.07) is 1.27. The summed E-state index contributed by atoms with van der Waals surface area (Å²) in [7, 11) is 0. The lowest BCUT2D eigenvalue weighted by Gasteiger charge is -2.40. The molecule has 2 aliphatic heterocycles. The Bertz CT molecular complexity index is 996. The van der Waals surface area contributed by atoms with Crippen LogP contribution >= 0.6 is 0 Å². The highest BCUT2D eigenvalue weighted by Gasteiger charge is 2.41. The minimum Gasteiger partial charge on any atom is -0.367 e. The Balaban J connectivity index is 1.80. The van der Waals surface area contributed by atoms with Crippen molar-refractivity contribution < 1.29 is 14.0 Å². The fraction of sp³-hybridized carbons (Fsp3) is 0.429. The molecule has 1 aromatic carbocycles. The van der Waals surface area contributed by atoms with E-state index >= 15 is 4.39 Å². The normalized spacial score (nSPS) is 21.8. The largest absolute Gasteiger partial charge is 0.367 e. The molecule has 3 N–H and O–H groups in total. The van der Waals surface area contributed by atoms with E-state index in [0.717, 1.165) is 30.6 Å². The molecule has 6 nitrogen and oxygen atoms in total. The minimum atomic E-state index is -0.658. The van der Waals surface area contributed by atoms with Gasteiger partial charge >= 0.3 is 0 Å². The third kappa shape index (κ3) is 2.68. The van der Waals surface area contributed by atoms with Crippen LogP contribution < -0.4 is 10.6 Å². The summed E-state index contributed by atoms with van der Waals surface area (Å²) in [6.07, 6.45) is 3.22. The molecule has 0 spiro atoms. The summed E-state index contributed by atoms with van der Waals surface area (Å²) >= 11 is 0. The maximum absolute atomic E-state index is 15.2. The van der Waals surface area contributed by atoms with Crippen LogP contribution in [0.15, 0.2) is 18.7 Å². The summed E-state index contributed by atoms with van der Waals surface area (Å²) in [5.41, 5.74) is 8.48. The number of carbonyl (C=O) groups excluding carboxylic acids is 2. The molecule has 2 amide bonds. The van der Waals surface area contributed by atoms with E-state index in [2.05, 4.69) is 11.6 Å². The molecular weight excluding hydrogens is 359 g/mol. The average Bonchev–Trinajstić information content (AvgIpc) is 3.22. The number of nitrogens with one attached hydrogen (secondary N) is 1. The van der Waals surface area contributed by atoms with E-state index in [0.29, 0.717) is 35.6 Å². The van der Waals surface area contributed by atoms with E-state index in [1.54, 1.807) is 0 Å². The highest BCUT2D eigenvalue weighted by Crippen LogP contribution is 2.40. The topological polar surface area (TPSA) is 82.4 Å². The van der Waals surface area contributed by atoms with Crippen molar-refractivity contribution in [3.05, 3.63) is 41.4 Å². The van der Waals surface area contributed by atoms with Crippen molar-refractivity contribution in [2.24, 2.45) is 11.7 Å². The van der Waals surface area contributed by atoms with Gasteiger partial charge in [-0.2, -0.15) is 0 Å². The van der Waals surface area contributed by atoms with E-state index in [9.17, 15) is 9.59 Å². The number of likely N-dealkylation sites (tertiary alicyclic amines) is 1. The number of aromatic amines is 1. The molecule has 7 heteroatoms. The molecule has 0 bridgehead atoms. The Morgan fingerprint density at radius 2 is 2.04 bits per heavy atom. The second-order valence-corrected chi connectivity index (χ2v) is 7.83. The number of aromatic nitrogens is 1. The smallest absolute Gasteiger partial charge is 0.250 e. The highest BCUT2D eigenvalue weighted by atomic mass is 19.1. The molecule has 148 valence electrons. The van der Waals surface area contributed by atoms with Crippen LogP contribution in [0.25, 0.3) is 10.9 Å². The molecule has 2 fully saturated rings. The molecule has 2 aliphatic rings. The van der Waals surface area contributed by atoms with Crippen LogP contribution in [0.1, 0.15) is 34.5 Å². The fourth-order valence-electron chi connectivity index (χ4n) is 4.84. The number of nitrogens with two attached hydrogens (primary N) is 1. The van der Waals surface area contributed by atoms with Crippen LogP contribution in [0.4, 0.5) is 10.1 Å². The van der Waals surface area contributed by atoms with Gasteiger partial charge < -0.3 is 20.5 Å². The van der Waals surface area contributed by atoms with Gasteiger partial charge in [-0.1, -0.05) is 6.58 Å². The molecule has 3 heterocycles. The monoisotopic (exact) mass is 384 g/mol. The number of nitrogens with zero attached hydrogens (tertiary/aromatic N) is 2. The van der Waals surface area contributed by atoms with Crippen molar-refractivity contribution in [2.45, 2.75) is 32.7 Å². The van der Waals surface area contributed by atoms with Gasteiger partial charge in [0, 0.05) is 30.7 Å². The van der Waals surface area contributed by atoms with Crippen molar-refractivity contribution in [1.29, 1.82) is 0 Å². The predicted octanol–water partition coefficient (Wildman–Crippen LogP) is 2.64. The van der Waals surface area contributed by atoms with Gasteiger partial charge in [0.15, 0.2) is 0 Å². The first-order valence-corrected chi connectivity index (χ1v) is 9.62. The van der Waals surface area contributed by atoms with Crippen molar-refractivity contribution in [3.8, 4) is 0 Å². The van der Waals surface area contributed by atoms with Gasteiger partial charge in [0.05, 0.1) is 22.8 Å². The zero-order valence-corrected chi connectivity index (χ0v) is 16.2. The molecule has 0 radical (unpaired) electrons. The molecule has 2 saturated heterocycles. The number of carbonyl (C=O) groups is 2. The molecule has 0 saturated carbocycles. The van der Waals surface area contributed by atoms with Crippen molar-refractivity contribution in [2.75, 3.05) is 24.5 Å². The molecular formula is C21H25FN4O2. The van der Waals surface area contributed by atoms with Gasteiger partial charge in [-0.05, 0) is 50.3 Å². The number of hydrogen-bond acceptors (Lipinski definition) is 3. The Labute approximate surface area is 163 Å². The third-order valence-electron chi connectivity index (χ3n) is 6.41. The molecule has 28 heavy (non-hydrogen) atoms. The van der Waals surface area contributed by atoms with Crippen LogP contribution in [0.3, 0.4) is 0 Å².